The molecule has 0 saturated carbocycles. The van der Waals surface area contributed by atoms with Crippen molar-refractivity contribution >= 4 is 11.9 Å². The van der Waals surface area contributed by atoms with Crippen LogP contribution < -0.4 is 4.74 Å². The van der Waals surface area contributed by atoms with Gasteiger partial charge >= 0.3 is 0 Å². The lowest BCUT2D eigenvalue weighted by Gasteiger charge is -2.07. The molecule has 0 aliphatic rings. The highest BCUT2D eigenvalue weighted by Crippen LogP contribution is 2.28. The van der Waals surface area contributed by atoms with Gasteiger partial charge in [-0.1, -0.05) is 42.5 Å². The Morgan fingerprint density at radius 2 is 1.84 bits per heavy atom. The number of allylic oxidation sites excluding steroid dienone is 1. The molecule has 0 aromatic heterocycles. The Labute approximate surface area is 111 Å². The van der Waals surface area contributed by atoms with Crippen LogP contribution >= 0.6 is 0 Å². The van der Waals surface area contributed by atoms with E-state index in [9.17, 15) is 9.90 Å². The number of ether oxygens (including phenoxy) is 1. The maximum atomic E-state index is 12.1. The van der Waals surface area contributed by atoms with Crippen LogP contribution in [0.5, 0.6) is 11.5 Å². The maximum absolute atomic E-state index is 12.1. The molecule has 0 heterocycles. The maximum Gasteiger partial charge on any atom is 0.193 e. The molecule has 2 aromatic carbocycles. The average molecular weight is 254 g/mol. The van der Waals surface area contributed by atoms with E-state index in [1.165, 1.54) is 19.3 Å². The third-order valence-corrected chi connectivity index (χ3v) is 2.70. The Morgan fingerprint density at radius 1 is 1.11 bits per heavy atom. The number of ketones is 1. The summed E-state index contributed by atoms with van der Waals surface area (Å²) in [5, 5.41) is 9.76. The predicted molar refractivity (Wildman–Crippen MR) is 74.5 cm³/mol. The van der Waals surface area contributed by atoms with E-state index in [0.29, 0.717) is 5.75 Å². The number of benzene rings is 2. The summed E-state index contributed by atoms with van der Waals surface area (Å²) in [6.07, 6.45) is 3.13. The van der Waals surface area contributed by atoms with Gasteiger partial charge in [0.2, 0.25) is 0 Å². The summed E-state index contributed by atoms with van der Waals surface area (Å²) in [6, 6.07) is 14.2. The number of phenols is 1. The van der Waals surface area contributed by atoms with Gasteiger partial charge in [-0.2, -0.15) is 0 Å². The zero-order valence-electron chi connectivity index (χ0n) is 10.5. The van der Waals surface area contributed by atoms with Gasteiger partial charge in [-0.15, -0.1) is 0 Å². The first-order chi connectivity index (χ1) is 9.22. The zero-order valence-corrected chi connectivity index (χ0v) is 10.5. The third-order valence-electron chi connectivity index (χ3n) is 2.70. The standard InChI is InChI=1S/C16H14O3/c1-19-15-9-5-8-13(17)16(15)14(18)11-10-12-6-3-2-4-7-12/h2-11,17H,1H3/b11-10-. The van der Waals surface area contributed by atoms with Gasteiger partial charge in [0.15, 0.2) is 5.78 Å². The topological polar surface area (TPSA) is 46.5 Å². The lowest BCUT2D eigenvalue weighted by Crippen LogP contribution is -1.99. The van der Waals surface area contributed by atoms with Crippen molar-refractivity contribution < 1.29 is 14.6 Å². The van der Waals surface area contributed by atoms with E-state index >= 15 is 0 Å². The molecule has 0 aliphatic heterocycles. The molecule has 0 unspecified atom stereocenters. The number of rotatable bonds is 4. The number of carbonyl (C=O) groups is 1. The van der Waals surface area contributed by atoms with Gasteiger partial charge < -0.3 is 9.84 Å². The molecule has 3 heteroatoms. The van der Waals surface area contributed by atoms with Gasteiger partial charge in [0.25, 0.3) is 0 Å². The van der Waals surface area contributed by atoms with E-state index < -0.39 is 0 Å². The lowest BCUT2D eigenvalue weighted by molar-refractivity contribution is 0.104. The lowest BCUT2D eigenvalue weighted by atomic mass is 10.1. The second-order valence-corrected chi connectivity index (χ2v) is 3.96. The van der Waals surface area contributed by atoms with Crippen LogP contribution in [-0.2, 0) is 0 Å². The Hall–Kier alpha value is -2.55. The third kappa shape index (κ3) is 3.01. The normalized spacial score (nSPS) is 10.6. The Morgan fingerprint density at radius 3 is 2.53 bits per heavy atom. The molecule has 0 atom stereocenters. The van der Waals surface area contributed by atoms with Crippen molar-refractivity contribution in [2.45, 2.75) is 0 Å². The largest absolute Gasteiger partial charge is 0.507 e. The summed E-state index contributed by atoms with van der Waals surface area (Å²) >= 11 is 0. The number of phenolic OH excluding ortho intramolecular Hbond substituents is 1. The average Bonchev–Trinajstić information content (AvgIpc) is 2.45. The van der Waals surface area contributed by atoms with Crippen LogP contribution in [0.3, 0.4) is 0 Å². The van der Waals surface area contributed by atoms with E-state index in [-0.39, 0.29) is 17.1 Å². The van der Waals surface area contributed by atoms with Crippen LogP contribution in [0.1, 0.15) is 15.9 Å². The first kappa shape index (κ1) is 12.9. The van der Waals surface area contributed by atoms with E-state index in [1.807, 2.05) is 30.3 Å². The summed E-state index contributed by atoms with van der Waals surface area (Å²) in [6.45, 7) is 0. The fourth-order valence-corrected chi connectivity index (χ4v) is 1.76. The molecular formula is C16H14O3. The predicted octanol–water partition coefficient (Wildman–Crippen LogP) is 3.30. The fourth-order valence-electron chi connectivity index (χ4n) is 1.76. The molecule has 2 rings (SSSR count). The summed E-state index contributed by atoms with van der Waals surface area (Å²) < 4.78 is 5.08. The van der Waals surface area contributed by atoms with Gasteiger partial charge in [0.1, 0.15) is 17.1 Å². The van der Waals surface area contributed by atoms with E-state index in [2.05, 4.69) is 0 Å². The summed E-state index contributed by atoms with van der Waals surface area (Å²) in [7, 11) is 1.46. The van der Waals surface area contributed by atoms with E-state index in [1.54, 1.807) is 18.2 Å². The fraction of sp³-hybridized carbons (Fsp3) is 0.0625. The van der Waals surface area contributed by atoms with Crippen LogP contribution in [0.25, 0.3) is 6.08 Å². The molecule has 0 amide bonds. The van der Waals surface area contributed by atoms with Crippen LogP contribution in [0, 0.1) is 0 Å². The molecule has 0 aliphatic carbocycles. The molecule has 0 spiro atoms. The molecule has 19 heavy (non-hydrogen) atoms. The van der Waals surface area contributed by atoms with Gasteiger partial charge in [-0.25, -0.2) is 0 Å². The minimum absolute atomic E-state index is 0.0814. The highest BCUT2D eigenvalue weighted by Gasteiger charge is 2.14. The smallest absolute Gasteiger partial charge is 0.193 e. The second kappa shape index (κ2) is 5.87. The molecule has 0 saturated heterocycles. The number of hydrogen-bond donors (Lipinski definition) is 1. The minimum Gasteiger partial charge on any atom is -0.507 e. The highest BCUT2D eigenvalue weighted by atomic mass is 16.5. The summed E-state index contributed by atoms with van der Waals surface area (Å²) in [4.78, 5) is 12.1. The van der Waals surface area contributed by atoms with E-state index in [4.69, 9.17) is 4.74 Å². The van der Waals surface area contributed by atoms with Gasteiger partial charge in [-0.3, -0.25) is 4.79 Å². The van der Waals surface area contributed by atoms with Gasteiger partial charge in [0, 0.05) is 0 Å². The zero-order chi connectivity index (χ0) is 13.7. The van der Waals surface area contributed by atoms with Crippen molar-refractivity contribution in [2.75, 3.05) is 7.11 Å². The number of aromatic hydroxyl groups is 1. The number of methoxy groups -OCH3 is 1. The molecule has 2 aromatic rings. The quantitative estimate of drug-likeness (QED) is 0.672. The van der Waals surface area contributed by atoms with Gasteiger partial charge in [0.05, 0.1) is 7.11 Å². The highest BCUT2D eigenvalue weighted by molar-refractivity contribution is 6.10. The van der Waals surface area contributed by atoms with Crippen molar-refractivity contribution in [3.05, 3.63) is 65.7 Å². The second-order valence-electron chi connectivity index (χ2n) is 3.96. The Balaban J connectivity index is 2.28. The molecular weight excluding hydrogens is 240 g/mol. The molecule has 96 valence electrons. The monoisotopic (exact) mass is 254 g/mol. The van der Waals surface area contributed by atoms with Crippen molar-refractivity contribution in [2.24, 2.45) is 0 Å². The van der Waals surface area contributed by atoms with Gasteiger partial charge in [-0.05, 0) is 23.8 Å². The summed E-state index contributed by atoms with van der Waals surface area (Å²) in [5.41, 5.74) is 1.10. The van der Waals surface area contributed by atoms with Crippen LogP contribution in [0.2, 0.25) is 0 Å². The van der Waals surface area contributed by atoms with Crippen molar-refractivity contribution in [3.63, 3.8) is 0 Å². The SMILES string of the molecule is COc1cccc(O)c1C(=O)/C=C\c1ccccc1. The molecule has 0 bridgehead atoms. The van der Waals surface area contributed by atoms with Crippen molar-refractivity contribution in [1.82, 2.24) is 0 Å². The van der Waals surface area contributed by atoms with Crippen molar-refractivity contribution in [3.8, 4) is 11.5 Å². The Bertz CT molecular complexity index is 601. The molecule has 3 nitrogen and oxygen atoms in total. The van der Waals surface area contributed by atoms with Crippen LogP contribution in [0.4, 0.5) is 0 Å². The first-order valence-electron chi connectivity index (χ1n) is 5.86. The number of carbonyl (C=O) groups excluding carboxylic acids is 1. The molecule has 1 N–H and O–H groups in total. The minimum atomic E-state index is -0.293. The first-order valence-corrected chi connectivity index (χ1v) is 5.86. The molecule has 0 fully saturated rings. The number of hydrogen-bond acceptors (Lipinski definition) is 3. The van der Waals surface area contributed by atoms with E-state index in [0.717, 1.165) is 5.56 Å². The molecule has 0 radical (unpaired) electrons. The summed E-state index contributed by atoms with van der Waals surface area (Å²) in [5.74, 6) is -0.0106. The van der Waals surface area contributed by atoms with Crippen molar-refractivity contribution in [1.29, 1.82) is 0 Å². The van der Waals surface area contributed by atoms with Crippen LogP contribution in [-0.4, -0.2) is 18.0 Å². The van der Waals surface area contributed by atoms with Crippen LogP contribution in [0.15, 0.2) is 54.6 Å². The Kier molecular flexibility index (Phi) is 3.98.